The van der Waals surface area contributed by atoms with Crippen LogP contribution in [0, 0.1) is 5.92 Å². The van der Waals surface area contributed by atoms with Crippen molar-refractivity contribution in [2.24, 2.45) is 5.92 Å². The van der Waals surface area contributed by atoms with Crippen LogP contribution in [0.4, 0.5) is 5.69 Å². The number of carboxylic acids is 2. The molecule has 0 bridgehead atoms. The van der Waals surface area contributed by atoms with Crippen molar-refractivity contribution >= 4 is 34.8 Å². The van der Waals surface area contributed by atoms with E-state index >= 15 is 0 Å². The van der Waals surface area contributed by atoms with Gasteiger partial charge >= 0.3 is 11.9 Å². The number of rotatable bonds is 8. The van der Waals surface area contributed by atoms with Crippen LogP contribution in [0.15, 0.2) is 24.3 Å². The molecule has 0 saturated carbocycles. The first kappa shape index (κ1) is 31.1. The van der Waals surface area contributed by atoms with Gasteiger partial charge in [-0.05, 0) is 64.1 Å². The van der Waals surface area contributed by atoms with E-state index in [9.17, 15) is 19.8 Å². The Morgan fingerprint density at radius 1 is 0.919 bits per heavy atom. The molecular weight excluding hydrogens is 490 g/mol. The number of aliphatic carboxylic acids is 2. The summed E-state index contributed by atoms with van der Waals surface area (Å²) in [6.45, 7) is 9.42. The number of carbonyl (C=O) groups is 2. The summed E-state index contributed by atoms with van der Waals surface area (Å²) in [5, 5.41) is 22.5. The predicted molar refractivity (Wildman–Crippen MR) is 153 cm³/mol. The molecule has 1 fully saturated rings. The zero-order valence-corrected chi connectivity index (χ0v) is 23.7. The first-order valence-electron chi connectivity index (χ1n) is 13.2. The molecule has 3 N–H and O–H groups in total. The molecule has 10 heteroatoms. The number of likely N-dealkylation sites (N-methyl/N-ethyl adjacent to an activating group) is 2. The molecule has 0 aromatic heterocycles. The van der Waals surface area contributed by atoms with Gasteiger partial charge in [0.15, 0.2) is 0 Å². The summed E-state index contributed by atoms with van der Waals surface area (Å²) in [7, 11) is 4.21. The lowest BCUT2D eigenvalue weighted by Crippen LogP contribution is -2.49. The Hall–Kier alpha value is -2.11. The molecule has 0 spiro atoms. The maximum Gasteiger partial charge on any atom is 0.317 e. The molecule has 1 heterocycles. The van der Waals surface area contributed by atoms with Crippen molar-refractivity contribution < 1.29 is 19.8 Å². The fourth-order valence-electron chi connectivity index (χ4n) is 4.55. The SMILES string of the molecule is CC(C)C(=S)Nc1ccc(CC2CN(CC(=O)O)CCCN(C)CCN(C)CCCN2CC(=O)O)cc1. The largest absolute Gasteiger partial charge is 0.480 e. The van der Waals surface area contributed by atoms with Gasteiger partial charge in [0.25, 0.3) is 0 Å². The third-order valence-electron chi connectivity index (χ3n) is 6.76. The van der Waals surface area contributed by atoms with Crippen molar-refractivity contribution in [1.82, 2.24) is 19.6 Å². The van der Waals surface area contributed by atoms with Gasteiger partial charge in [0.2, 0.25) is 0 Å². The lowest BCUT2D eigenvalue weighted by atomic mass is 10.0. The quantitative estimate of drug-likeness (QED) is 0.431. The Kier molecular flexibility index (Phi) is 13.4. The molecule has 1 unspecified atom stereocenters. The van der Waals surface area contributed by atoms with Crippen LogP contribution >= 0.6 is 12.2 Å². The zero-order valence-electron chi connectivity index (χ0n) is 22.9. The Morgan fingerprint density at radius 3 is 2.03 bits per heavy atom. The minimum absolute atomic E-state index is 0.0562. The highest BCUT2D eigenvalue weighted by Gasteiger charge is 2.25. The average Bonchev–Trinajstić information content (AvgIpc) is 2.81. The lowest BCUT2D eigenvalue weighted by molar-refractivity contribution is -0.141. The van der Waals surface area contributed by atoms with Crippen molar-refractivity contribution in [3.8, 4) is 0 Å². The molecule has 208 valence electrons. The van der Waals surface area contributed by atoms with Gasteiger partial charge in [-0.1, -0.05) is 38.2 Å². The first-order chi connectivity index (χ1) is 17.5. The summed E-state index contributed by atoms with van der Waals surface area (Å²) in [5.74, 6) is -1.48. The van der Waals surface area contributed by atoms with E-state index in [1.165, 1.54) is 0 Å². The van der Waals surface area contributed by atoms with E-state index in [0.717, 1.165) is 55.3 Å². The Labute approximate surface area is 227 Å². The van der Waals surface area contributed by atoms with E-state index in [-0.39, 0.29) is 25.0 Å². The predicted octanol–water partition coefficient (Wildman–Crippen LogP) is 2.42. The summed E-state index contributed by atoms with van der Waals surface area (Å²) < 4.78 is 0. The number of benzene rings is 1. The maximum absolute atomic E-state index is 11.8. The molecule has 2 rings (SSSR count). The molecule has 0 radical (unpaired) electrons. The van der Waals surface area contributed by atoms with Crippen LogP contribution in [0.2, 0.25) is 0 Å². The van der Waals surface area contributed by atoms with E-state index in [4.69, 9.17) is 12.2 Å². The van der Waals surface area contributed by atoms with Crippen LogP contribution in [-0.2, 0) is 16.0 Å². The number of anilines is 1. The molecule has 1 saturated heterocycles. The van der Waals surface area contributed by atoms with E-state index < -0.39 is 11.9 Å². The van der Waals surface area contributed by atoms with Crippen LogP contribution in [0.1, 0.15) is 32.3 Å². The third-order valence-corrected chi connectivity index (χ3v) is 7.34. The molecule has 9 nitrogen and oxygen atoms in total. The van der Waals surface area contributed by atoms with Gasteiger partial charge in [-0.3, -0.25) is 19.4 Å². The zero-order chi connectivity index (χ0) is 27.4. The highest BCUT2D eigenvalue weighted by atomic mass is 32.1. The second-order valence-corrected chi connectivity index (χ2v) is 10.9. The maximum atomic E-state index is 11.8. The number of thiocarbonyl (C=S) groups is 1. The second-order valence-electron chi connectivity index (χ2n) is 10.5. The van der Waals surface area contributed by atoms with Gasteiger partial charge in [-0.25, -0.2) is 0 Å². The standard InChI is InChI=1S/C27H45N5O4S/c1-21(2)27(37)28-23-9-7-22(8-10-23)17-24-18-31(19-25(33)34)13-5-11-29(3)15-16-30(4)12-6-14-32(24)20-26(35)36/h7-10,21,24H,5-6,11-20H2,1-4H3,(H,28,37)(H,33,34)(H,35,36). The molecule has 37 heavy (non-hydrogen) atoms. The molecule has 1 aliphatic heterocycles. The second kappa shape index (κ2) is 16.0. The van der Waals surface area contributed by atoms with E-state index in [1.807, 2.05) is 47.9 Å². The number of nitrogens with one attached hydrogen (secondary N) is 1. The van der Waals surface area contributed by atoms with E-state index in [2.05, 4.69) is 29.2 Å². The normalized spacial score (nSPS) is 20.4. The molecular formula is C27H45N5O4S. The van der Waals surface area contributed by atoms with Gasteiger partial charge in [-0.2, -0.15) is 0 Å². The lowest BCUT2D eigenvalue weighted by Gasteiger charge is -2.35. The molecule has 1 aliphatic rings. The van der Waals surface area contributed by atoms with Crippen LogP contribution in [0.25, 0.3) is 0 Å². The van der Waals surface area contributed by atoms with Crippen molar-refractivity contribution in [2.45, 2.75) is 39.2 Å². The summed E-state index contributed by atoms with van der Waals surface area (Å²) >= 11 is 5.40. The van der Waals surface area contributed by atoms with Crippen molar-refractivity contribution in [2.75, 3.05) is 78.3 Å². The fraction of sp³-hybridized carbons (Fsp3) is 0.667. The Bertz CT molecular complexity index is 867. The molecule has 1 atom stereocenters. The van der Waals surface area contributed by atoms with Gasteiger partial charge in [0, 0.05) is 50.4 Å². The van der Waals surface area contributed by atoms with Crippen LogP contribution in [0.3, 0.4) is 0 Å². The highest BCUT2D eigenvalue weighted by molar-refractivity contribution is 7.80. The van der Waals surface area contributed by atoms with Gasteiger partial charge in [-0.15, -0.1) is 0 Å². The van der Waals surface area contributed by atoms with Crippen LogP contribution in [-0.4, -0.2) is 126 Å². The summed E-state index contributed by atoms with van der Waals surface area (Å²) in [6, 6.07) is 7.94. The number of nitrogens with zero attached hydrogens (tertiary/aromatic N) is 4. The minimum atomic E-state index is -0.868. The smallest absolute Gasteiger partial charge is 0.317 e. The van der Waals surface area contributed by atoms with Gasteiger partial charge in [0.1, 0.15) is 0 Å². The van der Waals surface area contributed by atoms with Crippen molar-refractivity contribution in [1.29, 1.82) is 0 Å². The van der Waals surface area contributed by atoms with E-state index in [0.29, 0.717) is 26.1 Å². The summed E-state index contributed by atoms with van der Waals surface area (Å²) in [5.41, 5.74) is 2.00. The Balaban J connectivity index is 2.27. The molecule has 1 aromatic rings. The number of carboxylic acid groups (broad SMARTS) is 2. The monoisotopic (exact) mass is 535 g/mol. The summed E-state index contributed by atoms with van der Waals surface area (Å²) in [6.07, 6.45) is 2.34. The third kappa shape index (κ3) is 12.3. The van der Waals surface area contributed by atoms with Gasteiger partial charge < -0.3 is 25.3 Å². The average molecular weight is 536 g/mol. The van der Waals surface area contributed by atoms with Crippen molar-refractivity contribution in [3.05, 3.63) is 29.8 Å². The fourth-order valence-corrected chi connectivity index (χ4v) is 4.67. The molecule has 0 aliphatic carbocycles. The highest BCUT2D eigenvalue weighted by Crippen LogP contribution is 2.17. The molecule has 0 amide bonds. The van der Waals surface area contributed by atoms with Crippen molar-refractivity contribution in [3.63, 3.8) is 0 Å². The Morgan fingerprint density at radius 2 is 1.49 bits per heavy atom. The van der Waals surface area contributed by atoms with E-state index in [1.54, 1.807) is 0 Å². The number of hydrogen-bond acceptors (Lipinski definition) is 7. The first-order valence-corrected chi connectivity index (χ1v) is 13.6. The van der Waals surface area contributed by atoms with Gasteiger partial charge in [0.05, 0.1) is 18.1 Å². The van der Waals surface area contributed by atoms with Crippen LogP contribution < -0.4 is 5.32 Å². The summed E-state index contributed by atoms with van der Waals surface area (Å²) in [4.78, 5) is 32.8. The topological polar surface area (TPSA) is 99.6 Å². The number of hydrogen-bond donors (Lipinski definition) is 3. The van der Waals surface area contributed by atoms with Crippen LogP contribution in [0.5, 0.6) is 0 Å². The minimum Gasteiger partial charge on any atom is -0.480 e. The molecule has 1 aromatic carbocycles.